The van der Waals surface area contributed by atoms with E-state index in [9.17, 15) is 9.59 Å². The van der Waals surface area contributed by atoms with Gasteiger partial charge in [0.2, 0.25) is 11.8 Å². The highest BCUT2D eigenvalue weighted by Gasteiger charge is 2.36. The summed E-state index contributed by atoms with van der Waals surface area (Å²) in [7, 11) is 1.57. The molecule has 2 aromatic rings. The van der Waals surface area contributed by atoms with Crippen molar-refractivity contribution in [3.63, 3.8) is 0 Å². The monoisotopic (exact) mass is 358 g/mol. The van der Waals surface area contributed by atoms with Crippen LogP contribution in [0.4, 0.5) is 11.4 Å². The zero-order valence-corrected chi connectivity index (χ0v) is 14.8. The third-order valence-electron chi connectivity index (χ3n) is 4.21. The fraction of sp³-hybridized carbons (Fsp3) is 0.263. The number of carbonyl (C=O) groups is 2. The normalized spacial score (nSPS) is 16.8. The molecule has 1 N–H and O–H groups in total. The van der Waals surface area contributed by atoms with Crippen molar-refractivity contribution in [2.75, 3.05) is 23.9 Å². The third-order valence-corrected chi connectivity index (χ3v) is 4.45. The largest absolute Gasteiger partial charge is 0.495 e. The van der Waals surface area contributed by atoms with Gasteiger partial charge in [-0.3, -0.25) is 9.59 Å². The molecule has 3 rings (SSSR count). The summed E-state index contributed by atoms with van der Waals surface area (Å²) in [6, 6.07) is 12.6. The molecule has 1 saturated heterocycles. The molecule has 1 fully saturated rings. The van der Waals surface area contributed by atoms with Gasteiger partial charge in [-0.1, -0.05) is 23.7 Å². The number of nitrogens with one attached hydrogen (secondary N) is 1. The maximum Gasteiger partial charge on any atom is 0.229 e. The average molecular weight is 359 g/mol. The van der Waals surface area contributed by atoms with Gasteiger partial charge in [-0.05, 0) is 42.8 Å². The number of rotatable bonds is 4. The van der Waals surface area contributed by atoms with Crippen LogP contribution in [0.1, 0.15) is 12.0 Å². The van der Waals surface area contributed by atoms with E-state index >= 15 is 0 Å². The molecule has 1 heterocycles. The van der Waals surface area contributed by atoms with Crippen LogP contribution >= 0.6 is 11.6 Å². The molecule has 0 bridgehead atoms. The fourth-order valence-corrected chi connectivity index (χ4v) is 3.13. The third kappa shape index (κ3) is 3.77. The van der Waals surface area contributed by atoms with Gasteiger partial charge >= 0.3 is 0 Å². The van der Waals surface area contributed by atoms with Crippen LogP contribution in [-0.2, 0) is 9.59 Å². The van der Waals surface area contributed by atoms with Gasteiger partial charge in [0.25, 0.3) is 0 Å². The molecule has 6 heteroatoms. The Hall–Kier alpha value is -2.53. The maximum atomic E-state index is 12.5. The Balaban J connectivity index is 1.76. The van der Waals surface area contributed by atoms with Crippen molar-refractivity contribution in [1.82, 2.24) is 0 Å². The molecule has 1 aliphatic heterocycles. The molecule has 1 unspecified atom stereocenters. The fourth-order valence-electron chi connectivity index (χ4n) is 2.94. The number of hydrogen-bond acceptors (Lipinski definition) is 3. The summed E-state index contributed by atoms with van der Waals surface area (Å²) in [5.74, 6) is -0.0774. The van der Waals surface area contributed by atoms with Crippen LogP contribution in [0.5, 0.6) is 5.75 Å². The molecule has 0 aliphatic carbocycles. The summed E-state index contributed by atoms with van der Waals surface area (Å²) in [4.78, 5) is 26.6. The van der Waals surface area contributed by atoms with Crippen LogP contribution in [0, 0.1) is 12.8 Å². The quantitative estimate of drug-likeness (QED) is 0.907. The van der Waals surface area contributed by atoms with Gasteiger partial charge in [0.1, 0.15) is 5.75 Å². The van der Waals surface area contributed by atoms with Gasteiger partial charge < -0.3 is 15.0 Å². The Morgan fingerprint density at radius 1 is 1.28 bits per heavy atom. The second-order valence-electron chi connectivity index (χ2n) is 6.08. The standard InChI is InChI=1S/C19H19ClN2O3/c1-12-6-7-17(25-2)16(8-12)22-11-13(9-18(22)23)19(24)21-15-5-3-4-14(20)10-15/h3-8,10,13H,9,11H2,1-2H3,(H,21,24). The molecule has 1 aliphatic rings. The summed E-state index contributed by atoms with van der Waals surface area (Å²) < 4.78 is 5.36. The molecule has 1 atom stereocenters. The number of benzene rings is 2. The molecular weight excluding hydrogens is 340 g/mol. The van der Waals surface area contributed by atoms with Crippen molar-refractivity contribution in [3.05, 3.63) is 53.1 Å². The first-order valence-corrected chi connectivity index (χ1v) is 8.37. The zero-order valence-electron chi connectivity index (χ0n) is 14.1. The lowest BCUT2D eigenvalue weighted by Gasteiger charge is -2.20. The first-order chi connectivity index (χ1) is 12.0. The number of anilines is 2. The van der Waals surface area contributed by atoms with Gasteiger partial charge in [-0.2, -0.15) is 0 Å². The number of methoxy groups -OCH3 is 1. The molecule has 25 heavy (non-hydrogen) atoms. The van der Waals surface area contributed by atoms with E-state index in [1.165, 1.54) is 0 Å². The van der Waals surface area contributed by atoms with Gasteiger partial charge in [-0.25, -0.2) is 0 Å². The number of nitrogens with zero attached hydrogens (tertiary/aromatic N) is 1. The average Bonchev–Trinajstić information content (AvgIpc) is 2.96. The van der Waals surface area contributed by atoms with Crippen molar-refractivity contribution in [2.24, 2.45) is 5.92 Å². The molecule has 0 radical (unpaired) electrons. The maximum absolute atomic E-state index is 12.5. The lowest BCUT2D eigenvalue weighted by atomic mass is 10.1. The van der Waals surface area contributed by atoms with Crippen LogP contribution in [0.2, 0.25) is 5.02 Å². The minimum Gasteiger partial charge on any atom is -0.495 e. The van der Waals surface area contributed by atoms with E-state index in [1.54, 1.807) is 36.3 Å². The van der Waals surface area contributed by atoms with Gasteiger partial charge in [0, 0.05) is 23.7 Å². The van der Waals surface area contributed by atoms with Crippen LogP contribution < -0.4 is 15.0 Å². The molecule has 0 saturated carbocycles. The number of hydrogen-bond donors (Lipinski definition) is 1. The molecule has 5 nitrogen and oxygen atoms in total. The Kier molecular flexibility index (Phi) is 4.95. The van der Waals surface area contributed by atoms with Crippen molar-refractivity contribution >= 4 is 34.8 Å². The van der Waals surface area contributed by atoms with E-state index in [2.05, 4.69) is 5.32 Å². The summed E-state index contributed by atoms with van der Waals surface area (Å²) in [5.41, 5.74) is 2.34. The van der Waals surface area contributed by atoms with Gasteiger partial charge in [0.15, 0.2) is 0 Å². The molecule has 0 spiro atoms. The van der Waals surface area contributed by atoms with E-state index in [0.29, 0.717) is 28.7 Å². The molecule has 130 valence electrons. The number of aryl methyl sites for hydroxylation is 1. The minimum atomic E-state index is -0.420. The molecule has 2 aromatic carbocycles. The first kappa shape index (κ1) is 17.3. The Bertz CT molecular complexity index is 822. The van der Waals surface area contributed by atoms with E-state index < -0.39 is 5.92 Å². The molecular formula is C19H19ClN2O3. The smallest absolute Gasteiger partial charge is 0.229 e. The summed E-state index contributed by atoms with van der Waals surface area (Å²) >= 11 is 5.94. The summed E-state index contributed by atoms with van der Waals surface area (Å²) in [6.07, 6.45) is 0.170. The lowest BCUT2D eigenvalue weighted by molar-refractivity contribution is -0.122. The number of halogens is 1. The first-order valence-electron chi connectivity index (χ1n) is 7.99. The highest BCUT2D eigenvalue weighted by atomic mass is 35.5. The summed E-state index contributed by atoms with van der Waals surface area (Å²) in [6.45, 7) is 2.28. The van der Waals surface area contributed by atoms with E-state index in [4.69, 9.17) is 16.3 Å². The zero-order chi connectivity index (χ0) is 18.0. The second-order valence-corrected chi connectivity index (χ2v) is 6.52. The number of amides is 2. The van der Waals surface area contributed by atoms with Crippen molar-refractivity contribution in [2.45, 2.75) is 13.3 Å². The highest BCUT2D eigenvalue weighted by Crippen LogP contribution is 2.34. The van der Waals surface area contributed by atoms with Gasteiger partial charge in [-0.15, -0.1) is 0 Å². The molecule has 0 aromatic heterocycles. The van der Waals surface area contributed by atoms with Crippen molar-refractivity contribution in [1.29, 1.82) is 0 Å². The van der Waals surface area contributed by atoms with Crippen LogP contribution in [0.25, 0.3) is 0 Å². The highest BCUT2D eigenvalue weighted by molar-refractivity contribution is 6.30. The van der Waals surface area contributed by atoms with Crippen LogP contribution in [0.15, 0.2) is 42.5 Å². The van der Waals surface area contributed by atoms with E-state index in [-0.39, 0.29) is 18.2 Å². The van der Waals surface area contributed by atoms with Crippen LogP contribution in [-0.4, -0.2) is 25.5 Å². The topological polar surface area (TPSA) is 58.6 Å². The van der Waals surface area contributed by atoms with Gasteiger partial charge in [0.05, 0.1) is 18.7 Å². The second kappa shape index (κ2) is 7.15. The summed E-state index contributed by atoms with van der Waals surface area (Å²) in [5, 5.41) is 3.37. The van der Waals surface area contributed by atoms with E-state index in [1.807, 2.05) is 25.1 Å². The Morgan fingerprint density at radius 3 is 2.80 bits per heavy atom. The van der Waals surface area contributed by atoms with Crippen molar-refractivity contribution in [3.8, 4) is 5.75 Å². The SMILES string of the molecule is COc1ccc(C)cc1N1CC(C(=O)Nc2cccc(Cl)c2)CC1=O. The Morgan fingerprint density at radius 2 is 2.08 bits per heavy atom. The Labute approximate surface area is 151 Å². The molecule has 2 amide bonds. The van der Waals surface area contributed by atoms with Crippen LogP contribution in [0.3, 0.4) is 0 Å². The van der Waals surface area contributed by atoms with E-state index in [0.717, 1.165) is 5.56 Å². The number of ether oxygens (including phenoxy) is 1. The van der Waals surface area contributed by atoms with Crippen molar-refractivity contribution < 1.29 is 14.3 Å². The predicted molar refractivity (Wildman–Crippen MR) is 98.3 cm³/mol. The minimum absolute atomic E-state index is 0.0878. The number of carbonyl (C=O) groups excluding carboxylic acids is 2. The lowest BCUT2D eigenvalue weighted by Crippen LogP contribution is -2.28. The predicted octanol–water partition coefficient (Wildman–Crippen LogP) is 3.65.